The van der Waals surface area contributed by atoms with E-state index < -0.39 is 0 Å². The van der Waals surface area contributed by atoms with Crippen molar-refractivity contribution < 1.29 is 4.79 Å². The van der Waals surface area contributed by atoms with Crippen LogP contribution in [0.5, 0.6) is 0 Å². The van der Waals surface area contributed by atoms with Gasteiger partial charge in [-0.2, -0.15) is 0 Å². The Morgan fingerprint density at radius 1 is 1.25 bits per heavy atom. The minimum atomic E-state index is -0.0342. The van der Waals surface area contributed by atoms with Crippen LogP contribution in [0, 0.1) is 5.92 Å². The summed E-state index contributed by atoms with van der Waals surface area (Å²) in [7, 11) is 3.92. The summed E-state index contributed by atoms with van der Waals surface area (Å²) < 4.78 is 0. The van der Waals surface area contributed by atoms with Crippen molar-refractivity contribution >= 4 is 30.7 Å². The lowest BCUT2D eigenvalue weighted by Crippen LogP contribution is -2.50. The van der Waals surface area contributed by atoms with Crippen LogP contribution in [0.1, 0.15) is 13.8 Å². The fourth-order valence-electron chi connectivity index (χ4n) is 2.51. The average molecular weight is 329 g/mol. The van der Waals surface area contributed by atoms with Gasteiger partial charge in [0.25, 0.3) is 0 Å². The molecule has 1 aliphatic heterocycles. The van der Waals surface area contributed by atoms with Crippen molar-refractivity contribution in [2.24, 2.45) is 5.92 Å². The minimum Gasteiger partial charge on any atom is -0.353 e. The largest absolute Gasteiger partial charge is 0.353 e. The van der Waals surface area contributed by atoms with Gasteiger partial charge in [0.1, 0.15) is 0 Å². The molecule has 5 nitrogen and oxygen atoms in total. The Labute approximate surface area is 135 Å². The first-order valence-electron chi connectivity index (χ1n) is 6.89. The summed E-state index contributed by atoms with van der Waals surface area (Å²) in [5.41, 5.74) is 0. The van der Waals surface area contributed by atoms with Crippen LogP contribution in [0.3, 0.4) is 0 Å². The molecule has 0 aliphatic carbocycles. The van der Waals surface area contributed by atoms with Gasteiger partial charge in [-0.3, -0.25) is 14.6 Å². The maximum absolute atomic E-state index is 12.1. The zero-order chi connectivity index (χ0) is 13.5. The van der Waals surface area contributed by atoms with E-state index in [-0.39, 0.29) is 36.8 Å². The summed E-state index contributed by atoms with van der Waals surface area (Å²) >= 11 is 0. The van der Waals surface area contributed by atoms with Crippen LogP contribution in [-0.4, -0.2) is 75.1 Å². The molecule has 1 saturated heterocycles. The molecular weight excluding hydrogens is 299 g/mol. The number of likely N-dealkylation sites (N-methyl/N-ethyl adjacent to an activating group) is 1. The molecule has 1 heterocycles. The number of piperazine rings is 1. The molecule has 1 unspecified atom stereocenters. The van der Waals surface area contributed by atoms with Crippen LogP contribution in [-0.2, 0) is 4.79 Å². The molecular formula is C13H30Cl2N4O. The summed E-state index contributed by atoms with van der Waals surface area (Å²) in [6.45, 7) is 10.1. The Morgan fingerprint density at radius 2 is 1.80 bits per heavy atom. The molecule has 1 aliphatic rings. The first-order chi connectivity index (χ1) is 8.52. The Kier molecular flexibility index (Phi) is 12.9. The third kappa shape index (κ3) is 7.64. The molecule has 0 aromatic heterocycles. The predicted octanol–water partition coefficient (Wildman–Crippen LogP) is 0.438. The van der Waals surface area contributed by atoms with Gasteiger partial charge in [-0.1, -0.05) is 13.8 Å². The average Bonchev–Trinajstić information content (AvgIpc) is 2.29. The maximum Gasteiger partial charge on any atom is 0.237 e. The highest BCUT2D eigenvalue weighted by molar-refractivity contribution is 5.85. The Morgan fingerprint density at radius 3 is 2.25 bits per heavy atom. The monoisotopic (exact) mass is 328 g/mol. The zero-order valence-corrected chi connectivity index (χ0v) is 14.6. The third-order valence-corrected chi connectivity index (χ3v) is 3.39. The van der Waals surface area contributed by atoms with E-state index in [1.54, 1.807) is 0 Å². The Hall–Kier alpha value is -0.0700. The van der Waals surface area contributed by atoms with E-state index in [1.165, 1.54) is 0 Å². The lowest BCUT2D eigenvalue weighted by Gasteiger charge is -2.29. The van der Waals surface area contributed by atoms with Crippen LogP contribution in [0.2, 0.25) is 0 Å². The first kappa shape index (κ1) is 22.2. The van der Waals surface area contributed by atoms with E-state index in [9.17, 15) is 4.79 Å². The fraction of sp³-hybridized carbons (Fsp3) is 0.923. The van der Waals surface area contributed by atoms with Crippen molar-refractivity contribution in [3.05, 3.63) is 0 Å². The molecule has 1 amide bonds. The van der Waals surface area contributed by atoms with E-state index in [0.29, 0.717) is 5.92 Å². The van der Waals surface area contributed by atoms with Crippen molar-refractivity contribution in [3.8, 4) is 0 Å². The van der Waals surface area contributed by atoms with Crippen molar-refractivity contribution in [2.45, 2.75) is 19.9 Å². The normalized spacial score (nSPS) is 17.3. The van der Waals surface area contributed by atoms with Crippen LogP contribution in [0.15, 0.2) is 0 Å². The lowest BCUT2D eigenvalue weighted by atomic mass is 10.0. The number of nitrogens with one attached hydrogen (secondary N) is 2. The quantitative estimate of drug-likeness (QED) is 0.742. The SMILES string of the molecule is CC(C)C(C(=O)NCCN1CCNCC1)N(C)C.Cl.Cl. The molecule has 1 fully saturated rings. The summed E-state index contributed by atoms with van der Waals surface area (Å²) in [5.74, 6) is 0.476. The van der Waals surface area contributed by atoms with Crippen molar-refractivity contribution in [3.63, 3.8) is 0 Å². The minimum absolute atomic E-state index is 0. The molecule has 0 aromatic rings. The number of hydrogen-bond acceptors (Lipinski definition) is 4. The van der Waals surface area contributed by atoms with Gasteiger partial charge in [0, 0.05) is 39.3 Å². The highest BCUT2D eigenvalue weighted by atomic mass is 35.5. The standard InChI is InChI=1S/C13H28N4O.2ClH/c1-11(2)12(16(3)4)13(18)15-7-10-17-8-5-14-6-9-17;;/h11-12,14H,5-10H2,1-4H3,(H,15,18);2*1H. The summed E-state index contributed by atoms with van der Waals surface area (Å²) in [6.07, 6.45) is 0. The second-order valence-electron chi connectivity index (χ2n) is 5.54. The summed E-state index contributed by atoms with van der Waals surface area (Å²) in [5, 5.41) is 6.38. The second kappa shape index (κ2) is 11.6. The van der Waals surface area contributed by atoms with Gasteiger partial charge < -0.3 is 10.6 Å². The number of carbonyl (C=O) groups is 1. The van der Waals surface area contributed by atoms with Crippen LogP contribution >= 0.6 is 24.8 Å². The third-order valence-electron chi connectivity index (χ3n) is 3.39. The molecule has 0 radical (unpaired) electrons. The van der Waals surface area contributed by atoms with Gasteiger partial charge in [0.15, 0.2) is 0 Å². The molecule has 0 saturated carbocycles. The van der Waals surface area contributed by atoms with Gasteiger partial charge in [-0.25, -0.2) is 0 Å². The number of carbonyl (C=O) groups excluding carboxylic acids is 1. The maximum atomic E-state index is 12.1. The Bertz CT molecular complexity index is 251. The van der Waals surface area contributed by atoms with Gasteiger partial charge in [0.05, 0.1) is 6.04 Å². The van der Waals surface area contributed by atoms with Gasteiger partial charge in [-0.05, 0) is 20.0 Å². The number of rotatable bonds is 6. The first-order valence-corrected chi connectivity index (χ1v) is 6.89. The van der Waals surface area contributed by atoms with Crippen molar-refractivity contribution in [2.75, 3.05) is 53.4 Å². The van der Waals surface area contributed by atoms with Crippen LogP contribution < -0.4 is 10.6 Å². The molecule has 122 valence electrons. The molecule has 20 heavy (non-hydrogen) atoms. The molecule has 0 spiro atoms. The van der Waals surface area contributed by atoms with E-state index in [1.807, 2.05) is 19.0 Å². The Balaban J connectivity index is 0. The molecule has 1 rings (SSSR count). The van der Waals surface area contributed by atoms with Crippen LogP contribution in [0.25, 0.3) is 0 Å². The number of halogens is 2. The van der Waals surface area contributed by atoms with Gasteiger partial charge >= 0.3 is 0 Å². The van der Waals surface area contributed by atoms with Gasteiger partial charge in [0.2, 0.25) is 5.91 Å². The highest BCUT2D eigenvalue weighted by Crippen LogP contribution is 2.07. The number of amides is 1. The van der Waals surface area contributed by atoms with E-state index >= 15 is 0 Å². The van der Waals surface area contributed by atoms with E-state index in [2.05, 4.69) is 29.4 Å². The van der Waals surface area contributed by atoms with Gasteiger partial charge in [-0.15, -0.1) is 24.8 Å². The molecule has 2 N–H and O–H groups in total. The molecule has 1 atom stereocenters. The topological polar surface area (TPSA) is 47.6 Å². The predicted molar refractivity (Wildman–Crippen MR) is 89.1 cm³/mol. The summed E-state index contributed by atoms with van der Waals surface area (Å²) in [4.78, 5) is 16.5. The molecule has 0 aromatic carbocycles. The number of nitrogens with zero attached hydrogens (tertiary/aromatic N) is 2. The fourth-order valence-corrected chi connectivity index (χ4v) is 2.51. The second-order valence-corrected chi connectivity index (χ2v) is 5.54. The smallest absolute Gasteiger partial charge is 0.237 e. The molecule has 7 heteroatoms. The lowest BCUT2D eigenvalue weighted by molar-refractivity contribution is -0.127. The van der Waals surface area contributed by atoms with Crippen molar-refractivity contribution in [1.82, 2.24) is 20.4 Å². The van der Waals surface area contributed by atoms with Crippen LogP contribution in [0.4, 0.5) is 0 Å². The highest BCUT2D eigenvalue weighted by Gasteiger charge is 2.23. The van der Waals surface area contributed by atoms with Crippen molar-refractivity contribution in [1.29, 1.82) is 0 Å². The number of hydrogen-bond donors (Lipinski definition) is 2. The zero-order valence-electron chi connectivity index (χ0n) is 13.0. The van der Waals surface area contributed by atoms with E-state index in [4.69, 9.17) is 0 Å². The summed E-state index contributed by atoms with van der Waals surface area (Å²) in [6, 6.07) is -0.0342. The van der Waals surface area contributed by atoms with E-state index in [0.717, 1.165) is 39.3 Å². The molecule has 0 bridgehead atoms.